The van der Waals surface area contributed by atoms with Crippen molar-refractivity contribution < 1.29 is 9.13 Å². The fourth-order valence-electron chi connectivity index (χ4n) is 4.02. The predicted octanol–water partition coefficient (Wildman–Crippen LogP) is 3.10. The SMILES string of the molecule is Nc1ccc(CNc2nc(NCc3ccccc3F)nc3c2ncn3CCN2CCOCC2)cc1. The van der Waals surface area contributed by atoms with Gasteiger partial charge in [0.05, 0.1) is 19.5 Å². The minimum Gasteiger partial charge on any atom is -0.399 e. The number of nitrogens with one attached hydrogen (secondary N) is 2. The molecule has 5 rings (SSSR count). The maximum absolute atomic E-state index is 14.1. The lowest BCUT2D eigenvalue weighted by Crippen LogP contribution is -2.38. The van der Waals surface area contributed by atoms with E-state index in [0.717, 1.165) is 56.3 Å². The Morgan fingerprint density at radius 3 is 2.54 bits per heavy atom. The highest BCUT2D eigenvalue weighted by molar-refractivity contribution is 5.84. The van der Waals surface area contributed by atoms with Gasteiger partial charge in [-0.3, -0.25) is 4.90 Å². The molecule has 1 aliphatic rings. The van der Waals surface area contributed by atoms with Crippen molar-refractivity contribution in [1.82, 2.24) is 24.4 Å². The highest BCUT2D eigenvalue weighted by Crippen LogP contribution is 2.22. The molecule has 1 saturated heterocycles. The number of rotatable bonds is 9. The second-order valence-corrected chi connectivity index (χ2v) is 8.50. The fourth-order valence-corrected chi connectivity index (χ4v) is 4.02. The third-order valence-electron chi connectivity index (χ3n) is 6.06. The van der Waals surface area contributed by atoms with Gasteiger partial charge in [-0.25, -0.2) is 9.37 Å². The van der Waals surface area contributed by atoms with Crippen molar-refractivity contribution in [3.8, 4) is 0 Å². The van der Waals surface area contributed by atoms with Crippen molar-refractivity contribution in [1.29, 1.82) is 0 Å². The first-order valence-electron chi connectivity index (χ1n) is 11.7. The lowest BCUT2D eigenvalue weighted by molar-refractivity contribution is 0.0365. The number of halogens is 1. The molecule has 0 aliphatic carbocycles. The second kappa shape index (κ2) is 10.7. The number of nitrogens with zero attached hydrogens (tertiary/aromatic N) is 5. The van der Waals surface area contributed by atoms with E-state index in [1.165, 1.54) is 6.07 Å². The number of benzene rings is 2. The van der Waals surface area contributed by atoms with Gasteiger partial charge in [-0.1, -0.05) is 30.3 Å². The molecule has 4 aromatic rings. The molecule has 0 radical (unpaired) electrons. The number of imidazole rings is 1. The first kappa shape index (κ1) is 23.0. The summed E-state index contributed by atoms with van der Waals surface area (Å²) in [6, 6.07) is 14.4. The van der Waals surface area contributed by atoms with E-state index in [1.807, 2.05) is 34.9 Å². The maximum atomic E-state index is 14.1. The molecule has 1 aliphatic heterocycles. The molecule has 0 unspecified atom stereocenters. The van der Waals surface area contributed by atoms with Crippen LogP contribution in [0.1, 0.15) is 11.1 Å². The Bertz CT molecular complexity index is 1270. The smallest absolute Gasteiger partial charge is 0.227 e. The zero-order valence-corrected chi connectivity index (χ0v) is 19.5. The topological polar surface area (TPSA) is 106 Å². The van der Waals surface area contributed by atoms with Crippen LogP contribution in [0.5, 0.6) is 0 Å². The van der Waals surface area contributed by atoms with E-state index in [2.05, 4.69) is 25.5 Å². The van der Waals surface area contributed by atoms with E-state index < -0.39 is 0 Å². The average molecular weight is 477 g/mol. The number of hydrogen-bond donors (Lipinski definition) is 3. The van der Waals surface area contributed by atoms with Crippen molar-refractivity contribution in [3.63, 3.8) is 0 Å². The third-order valence-corrected chi connectivity index (χ3v) is 6.06. The Balaban J connectivity index is 1.39. The van der Waals surface area contributed by atoms with Gasteiger partial charge in [0.15, 0.2) is 17.0 Å². The van der Waals surface area contributed by atoms with E-state index >= 15 is 0 Å². The Morgan fingerprint density at radius 2 is 1.74 bits per heavy atom. The van der Waals surface area contributed by atoms with Crippen molar-refractivity contribution in [2.45, 2.75) is 19.6 Å². The monoisotopic (exact) mass is 476 g/mol. The summed E-state index contributed by atoms with van der Waals surface area (Å²) in [4.78, 5) is 16.4. The molecule has 2 aromatic heterocycles. The quantitative estimate of drug-likeness (QED) is 0.317. The molecule has 4 N–H and O–H groups in total. The molecule has 0 atom stereocenters. The van der Waals surface area contributed by atoms with Gasteiger partial charge in [-0.05, 0) is 23.8 Å². The van der Waals surface area contributed by atoms with Gasteiger partial charge in [0.25, 0.3) is 0 Å². The summed E-state index contributed by atoms with van der Waals surface area (Å²) in [5.41, 5.74) is 9.56. The van der Waals surface area contributed by atoms with E-state index in [4.69, 9.17) is 15.5 Å². The number of ether oxygens (including phenoxy) is 1. The van der Waals surface area contributed by atoms with Crippen LogP contribution in [0, 0.1) is 5.82 Å². The molecule has 0 saturated carbocycles. The number of hydrogen-bond acceptors (Lipinski definition) is 8. The van der Waals surface area contributed by atoms with Gasteiger partial charge >= 0.3 is 0 Å². The van der Waals surface area contributed by atoms with Crippen molar-refractivity contribution >= 4 is 28.6 Å². The zero-order chi connectivity index (χ0) is 24.0. The largest absolute Gasteiger partial charge is 0.399 e. The standard InChI is InChI=1S/C25H29FN8O/c26-21-4-2-1-3-19(21)16-29-25-31-23(28-15-18-5-7-20(27)8-6-18)22-24(32-25)34(17-30-22)10-9-33-11-13-35-14-12-33/h1-8,17H,9-16,27H2,(H2,28,29,31,32). The summed E-state index contributed by atoms with van der Waals surface area (Å²) >= 11 is 0. The molecule has 3 heterocycles. The van der Waals surface area contributed by atoms with Gasteiger partial charge in [-0.15, -0.1) is 0 Å². The first-order chi connectivity index (χ1) is 17.2. The number of nitrogens with two attached hydrogens (primary N) is 1. The van der Waals surface area contributed by atoms with E-state index in [0.29, 0.717) is 29.4 Å². The second-order valence-electron chi connectivity index (χ2n) is 8.50. The van der Waals surface area contributed by atoms with Crippen LogP contribution in [0.3, 0.4) is 0 Å². The van der Waals surface area contributed by atoms with Crippen LogP contribution in [0.2, 0.25) is 0 Å². The highest BCUT2D eigenvalue weighted by atomic mass is 19.1. The third kappa shape index (κ3) is 5.67. The van der Waals surface area contributed by atoms with E-state index in [1.54, 1.807) is 18.5 Å². The lowest BCUT2D eigenvalue weighted by atomic mass is 10.2. The van der Waals surface area contributed by atoms with Crippen molar-refractivity contribution in [3.05, 3.63) is 71.8 Å². The molecule has 10 heteroatoms. The minimum absolute atomic E-state index is 0.265. The summed E-state index contributed by atoms with van der Waals surface area (Å²) in [6.07, 6.45) is 1.80. The van der Waals surface area contributed by atoms with Crippen LogP contribution in [-0.4, -0.2) is 57.3 Å². The number of anilines is 3. The predicted molar refractivity (Wildman–Crippen MR) is 134 cm³/mol. The summed E-state index contributed by atoms with van der Waals surface area (Å²) in [5.74, 6) is 0.764. The van der Waals surface area contributed by atoms with Gasteiger partial charge in [0.2, 0.25) is 5.95 Å². The molecule has 0 spiro atoms. The van der Waals surface area contributed by atoms with Crippen LogP contribution >= 0.6 is 0 Å². The van der Waals surface area contributed by atoms with E-state index in [-0.39, 0.29) is 12.4 Å². The molecule has 2 aromatic carbocycles. The Kier molecular flexibility index (Phi) is 7.01. The van der Waals surface area contributed by atoms with E-state index in [9.17, 15) is 4.39 Å². The van der Waals surface area contributed by atoms with Crippen LogP contribution in [-0.2, 0) is 24.4 Å². The van der Waals surface area contributed by atoms with Crippen LogP contribution in [0.4, 0.5) is 21.8 Å². The molecule has 35 heavy (non-hydrogen) atoms. The summed E-state index contributed by atoms with van der Waals surface area (Å²) in [7, 11) is 0. The van der Waals surface area contributed by atoms with Gasteiger partial charge < -0.3 is 25.7 Å². The summed E-state index contributed by atoms with van der Waals surface area (Å²) in [6.45, 7) is 5.82. The van der Waals surface area contributed by atoms with Gasteiger partial charge in [0, 0.05) is 50.5 Å². The Labute approximate surface area is 203 Å². The van der Waals surface area contributed by atoms with Crippen LogP contribution in [0.15, 0.2) is 54.9 Å². The number of aromatic nitrogens is 4. The molecule has 9 nitrogen and oxygen atoms in total. The lowest BCUT2D eigenvalue weighted by Gasteiger charge is -2.26. The Hall–Kier alpha value is -3.76. The average Bonchev–Trinajstić information content (AvgIpc) is 3.30. The Morgan fingerprint density at radius 1 is 0.943 bits per heavy atom. The molecule has 182 valence electrons. The number of morpholine rings is 1. The van der Waals surface area contributed by atoms with Crippen LogP contribution < -0.4 is 16.4 Å². The fraction of sp³-hybridized carbons (Fsp3) is 0.320. The zero-order valence-electron chi connectivity index (χ0n) is 19.5. The van der Waals surface area contributed by atoms with Gasteiger partial charge in [0.1, 0.15) is 5.82 Å². The maximum Gasteiger partial charge on any atom is 0.227 e. The summed E-state index contributed by atoms with van der Waals surface area (Å²) in [5, 5.41) is 6.56. The molecule has 0 bridgehead atoms. The normalized spacial score (nSPS) is 14.3. The molecular formula is C25H29FN8O. The molecule has 1 fully saturated rings. The highest BCUT2D eigenvalue weighted by Gasteiger charge is 2.16. The minimum atomic E-state index is -0.265. The first-order valence-corrected chi connectivity index (χ1v) is 11.7. The van der Waals surface area contributed by atoms with Crippen LogP contribution in [0.25, 0.3) is 11.2 Å². The number of fused-ring (bicyclic) bond motifs is 1. The molecule has 0 amide bonds. The van der Waals surface area contributed by atoms with Crippen molar-refractivity contribution in [2.75, 3.05) is 49.2 Å². The molecular weight excluding hydrogens is 447 g/mol. The van der Waals surface area contributed by atoms with Gasteiger partial charge in [-0.2, -0.15) is 9.97 Å². The summed E-state index contributed by atoms with van der Waals surface area (Å²) < 4.78 is 21.6. The number of nitrogen functional groups attached to an aromatic ring is 1. The van der Waals surface area contributed by atoms with Crippen molar-refractivity contribution in [2.24, 2.45) is 0 Å².